The molecule has 0 spiro atoms. The largest absolute Gasteiger partial charge is 0.198 e. The maximum absolute atomic E-state index is 8.51. The summed E-state index contributed by atoms with van der Waals surface area (Å²) in [5.74, 6) is 0. The van der Waals surface area contributed by atoms with Gasteiger partial charge in [-0.25, -0.2) is 0 Å². The summed E-state index contributed by atoms with van der Waals surface area (Å²) in [4.78, 5) is 5.59. The third kappa shape index (κ3) is 4.32. The fraction of sp³-hybridized carbons (Fsp3) is 0.889. The maximum atomic E-state index is 8.51. The lowest BCUT2D eigenvalue weighted by Gasteiger charge is -2.19. The minimum atomic E-state index is -0.360. The molecule has 0 aromatic carbocycles. The van der Waals surface area contributed by atoms with Crippen LogP contribution in [0.1, 0.15) is 34.1 Å². The molecule has 12 heavy (non-hydrogen) atoms. The summed E-state index contributed by atoms with van der Waals surface area (Å²) < 4.78 is 0. The van der Waals surface area contributed by atoms with Crippen molar-refractivity contribution in [2.75, 3.05) is 13.1 Å². The molecule has 0 atom stereocenters. The van der Waals surface area contributed by atoms with Gasteiger partial charge in [0.15, 0.2) is 13.1 Å². The molecule has 0 saturated carbocycles. The van der Waals surface area contributed by atoms with Gasteiger partial charge in [-0.1, -0.05) is 0 Å². The molecular formula is C9H18N2O+. The zero-order valence-electron chi connectivity index (χ0n) is 8.42. The van der Waals surface area contributed by atoms with Crippen LogP contribution in [-0.2, 0) is 4.84 Å². The first-order valence-corrected chi connectivity index (χ1v) is 4.36. The predicted octanol–water partition coefficient (Wildman–Crippen LogP) is 1.79. The van der Waals surface area contributed by atoms with Gasteiger partial charge in [-0.2, -0.15) is 5.26 Å². The van der Waals surface area contributed by atoms with E-state index in [9.17, 15) is 0 Å². The van der Waals surface area contributed by atoms with Crippen LogP contribution in [0.25, 0.3) is 0 Å². The number of hydroxylamine groups is 2. The Kier molecular flexibility index (Phi) is 4.87. The van der Waals surface area contributed by atoms with Crippen molar-refractivity contribution in [1.82, 2.24) is 5.06 Å². The summed E-state index contributed by atoms with van der Waals surface area (Å²) in [6.45, 7) is 9.62. The molecule has 0 aliphatic heterocycles. The van der Waals surface area contributed by atoms with E-state index in [2.05, 4.69) is 6.07 Å². The first-order valence-electron chi connectivity index (χ1n) is 4.36. The lowest BCUT2D eigenvalue weighted by Crippen LogP contribution is -2.39. The van der Waals surface area contributed by atoms with Gasteiger partial charge in [0.05, 0.1) is 12.5 Å². The van der Waals surface area contributed by atoms with Gasteiger partial charge in [-0.15, -0.1) is 4.84 Å². The normalized spacial score (nSPS) is 11.7. The fourth-order valence-corrected chi connectivity index (χ4v) is 0.925. The van der Waals surface area contributed by atoms with Crippen molar-refractivity contribution in [2.45, 2.75) is 39.7 Å². The summed E-state index contributed by atoms with van der Waals surface area (Å²) in [6, 6.07) is 2.11. The van der Waals surface area contributed by atoms with Gasteiger partial charge >= 0.3 is 0 Å². The Labute approximate surface area is 74.9 Å². The monoisotopic (exact) mass is 170 g/mol. The molecule has 0 heterocycles. The maximum Gasteiger partial charge on any atom is 0.157 e. The zero-order valence-corrected chi connectivity index (χ0v) is 8.42. The van der Waals surface area contributed by atoms with Crippen LogP contribution < -0.4 is 5.06 Å². The van der Waals surface area contributed by atoms with Gasteiger partial charge in [0, 0.05) is 0 Å². The molecule has 0 rings (SSSR count). The van der Waals surface area contributed by atoms with Crippen LogP contribution in [0.5, 0.6) is 0 Å². The lowest BCUT2D eigenvalue weighted by atomic mass is 10.1. The summed E-state index contributed by atoms with van der Waals surface area (Å²) >= 11 is 0. The highest BCUT2D eigenvalue weighted by Gasteiger charge is 2.27. The van der Waals surface area contributed by atoms with Crippen LogP contribution in [0, 0.1) is 11.3 Å². The zero-order chi connectivity index (χ0) is 9.61. The Morgan fingerprint density at radius 3 is 2.17 bits per heavy atom. The molecule has 0 fully saturated rings. The molecule has 3 heteroatoms. The van der Waals surface area contributed by atoms with Gasteiger partial charge in [-0.3, -0.25) is 0 Å². The van der Waals surface area contributed by atoms with Crippen molar-refractivity contribution < 1.29 is 4.84 Å². The second-order valence-electron chi connectivity index (χ2n) is 3.30. The first-order chi connectivity index (χ1) is 5.55. The van der Waals surface area contributed by atoms with Crippen LogP contribution in [0.2, 0.25) is 0 Å². The van der Waals surface area contributed by atoms with E-state index < -0.39 is 0 Å². The number of hydrogen-bond donors (Lipinski definition) is 0. The van der Waals surface area contributed by atoms with Crippen molar-refractivity contribution in [3.63, 3.8) is 0 Å². The molecular weight excluding hydrogens is 152 g/mol. The average molecular weight is 170 g/mol. The van der Waals surface area contributed by atoms with E-state index in [1.54, 1.807) is 0 Å². The predicted molar refractivity (Wildman–Crippen MR) is 48.6 cm³/mol. The standard InChI is InChI=1S/C9H18N2O/c1-5-11(6-2)12-9(3,4)7-8-10/h5-7H2,1-4H3/q+1. The Hall–Kier alpha value is -0.590. The van der Waals surface area contributed by atoms with Gasteiger partial charge in [0.25, 0.3) is 0 Å². The van der Waals surface area contributed by atoms with E-state index >= 15 is 0 Å². The van der Waals surface area contributed by atoms with E-state index in [1.807, 2.05) is 32.8 Å². The molecule has 3 nitrogen and oxygen atoms in total. The lowest BCUT2D eigenvalue weighted by molar-refractivity contribution is -0.158. The molecule has 0 amide bonds. The van der Waals surface area contributed by atoms with Gasteiger partial charge in [0.2, 0.25) is 0 Å². The second-order valence-corrected chi connectivity index (χ2v) is 3.30. The Bertz CT molecular complexity index is 156. The minimum absolute atomic E-state index is 0.360. The van der Waals surface area contributed by atoms with Gasteiger partial charge < -0.3 is 0 Å². The van der Waals surface area contributed by atoms with Crippen LogP contribution >= 0.6 is 0 Å². The summed E-state index contributed by atoms with van der Waals surface area (Å²) in [6.07, 6.45) is 0.420. The number of nitriles is 1. The summed E-state index contributed by atoms with van der Waals surface area (Å²) in [5.41, 5.74) is -0.360. The molecule has 0 aliphatic rings. The Balaban J connectivity index is 3.95. The molecule has 0 unspecified atom stereocenters. The van der Waals surface area contributed by atoms with E-state index in [4.69, 9.17) is 10.1 Å². The van der Waals surface area contributed by atoms with E-state index in [1.165, 1.54) is 0 Å². The number of nitrogens with zero attached hydrogens (tertiary/aromatic N) is 2. The van der Waals surface area contributed by atoms with Gasteiger partial charge in [-0.05, 0) is 32.8 Å². The average Bonchev–Trinajstić information content (AvgIpc) is 2.00. The highest BCUT2D eigenvalue weighted by Crippen LogP contribution is 2.13. The second kappa shape index (κ2) is 5.13. The molecule has 0 aromatic heterocycles. The summed E-state index contributed by atoms with van der Waals surface area (Å²) in [5, 5.41) is 10.4. The van der Waals surface area contributed by atoms with Crippen LogP contribution in [-0.4, -0.2) is 18.7 Å². The summed E-state index contributed by atoms with van der Waals surface area (Å²) in [7, 11) is 0. The molecule has 0 bridgehead atoms. The molecule has 0 saturated heterocycles. The van der Waals surface area contributed by atoms with Crippen molar-refractivity contribution >= 4 is 0 Å². The van der Waals surface area contributed by atoms with Crippen molar-refractivity contribution in [3.8, 4) is 6.07 Å². The molecule has 1 radical (unpaired) electrons. The highest BCUT2D eigenvalue weighted by molar-refractivity contribution is 4.83. The number of hydrogen-bond acceptors (Lipinski definition) is 3. The topological polar surface area (TPSA) is 38.9 Å². The SMILES string of the molecule is CC[N+](CC)OC(C)(C)CC#N. The van der Waals surface area contributed by atoms with E-state index in [0.717, 1.165) is 13.1 Å². The van der Waals surface area contributed by atoms with Crippen molar-refractivity contribution in [1.29, 1.82) is 5.26 Å². The first kappa shape index (κ1) is 11.4. The fourth-order valence-electron chi connectivity index (χ4n) is 0.925. The third-order valence-electron chi connectivity index (χ3n) is 1.59. The quantitative estimate of drug-likeness (QED) is 0.466. The highest BCUT2D eigenvalue weighted by atomic mass is 16.7. The molecule has 0 aliphatic carbocycles. The van der Waals surface area contributed by atoms with Gasteiger partial charge in [0.1, 0.15) is 5.60 Å². The van der Waals surface area contributed by atoms with E-state index in [-0.39, 0.29) is 5.60 Å². The van der Waals surface area contributed by atoms with Crippen LogP contribution in [0.15, 0.2) is 0 Å². The Morgan fingerprint density at radius 2 is 1.83 bits per heavy atom. The smallest absolute Gasteiger partial charge is 0.157 e. The molecule has 0 N–H and O–H groups in total. The molecule has 69 valence electrons. The van der Waals surface area contributed by atoms with Crippen molar-refractivity contribution in [2.24, 2.45) is 0 Å². The number of rotatable bonds is 5. The Morgan fingerprint density at radius 1 is 1.33 bits per heavy atom. The minimum Gasteiger partial charge on any atom is -0.198 e. The van der Waals surface area contributed by atoms with E-state index in [0.29, 0.717) is 6.42 Å². The van der Waals surface area contributed by atoms with Crippen molar-refractivity contribution in [3.05, 3.63) is 0 Å². The van der Waals surface area contributed by atoms with Crippen LogP contribution in [0.3, 0.4) is 0 Å². The third-order valence-corrected chi connectivity index (χ3v) is 1.59. The van der Waals surface area contributed by atoms with Crippen LogP contribution in [0.4, 0.5) is 0 Å². The molecule has 0 aromatic rings.